The first kappa shape index (κ1) is 15.8. The summed E-state index contributed by atoms with van der Waals surface area (Å²) < 4.78 is 25.3. The van der Waals surface area contributed by atoms with Crippen LogP contribution in [-0.2, 0) is 15.4 Å². The molecule has 21 heavy (non-hydrogen) atoms. The van der Waals surface area contributed by atoms with Crippen LogP contribution in [0.15, 0.2) is 47.9 Å². The molecule has 0 fully saturated rings. The summed E-state index contributed by atoms with van der Waals surface area (Å²) in [5.41, 5.74) is 0.893. The van der Waals surface area contributed by atoms with Crippen molar-refractivity contribution in [3.8, 4) is 0 Å². The fourth-order valence-electron chi connectivity index (χ4n) is 2.56. The third-order valence-corrected chi connectivity index (χ3v) is 5.12. The molecular formula is C16H22N2O2S. The molecule has 2 aromatic rings. The first-order chi connectivity index (χ1) is 9.88. The number of imidazole rings is 1. The van der Waals surface area contributed by atoms with Gasteiger partial charge < -0.3 is 4.57 Å². The fourth-order valence-corrected chi connectivity index (χ4v) is 3.19. The highest BCUT2D eigenvalue weighted by Gasteiger charge is 2.27. The van der Waals surface area contributed by atoms with E-state index in [-0.39, 0.29) is 5.54 Å². The van der Waals surface area contributed by atoms with Gasteiger partial charge in [0.15, 0.2) is 9.84 Å². The SMILES string of the molecule is CCCCC(C)(c1ccc(S(C)(=O)=O)cc1)n1ccnc1. The molecule has 0 N–H and O–H groups in total. The van der Waals surface area contributed by atoms with Gasteiger partial charge in [-0.25, -0.2) is 13.4 Å². The zero-order valence-electron chi connectivity index (χ0n) is 12.8. The van der Waals surface area contributed by atoms with Crippen LogP contribution in [0.25, 0.3) is 0 Å². The van der Waals surface area contributed by atoms with Crippen molar-refractivity contribution in [3.63, 3.8) is 0 Å². The number of nitrogens with zero attached hydrogens (tertiary/aromatic N) is 2. The maximum Gasteiger partial charge on any atom is 0.175 e. The number of aromatic nitrogens is 2. The number of hydrogen-bond acceptors (Lipinski definition) is 3. The monoisotopic (exact) mass is 306 g/mol. The third kappa shape index (κ3) is 3.35. The first-order valence-corrected chi connectivity index (χ1v) is 9.06. The minimum Gasteiger partial charge on any atom is -0.328 e. The van der Waals surface area contributed by atoms with Crippen LogP contribution in [0, 0.1) is 0 Å². The molecule has 0 bridgehead atoms. The van der Waals surface area contributed by atoms with Crippen molar-refractivity contribution in [2.24, 2.45) is 0 Å². The van der Waals surface area contributed by atoms with Crippen LogP contribution >= 0.6 is 0 Å². The molecule has 1 unspecified atom stereocenters. The Morgan fingerprint density at radius 2 is 1.90 bits per heavy atom. The topological polar surface area (TPSA) is 52.0 Å². The summed E-state index contributed by atoms with van der Waals surface area (Å²) in [6.07, 6.45) is 9.98. The zero-order valence-corrected chi connectivity index (χ0v) is 13.6. The maximum absolute atomic E-state index is 11.6. The number of rotatable bonds is 6. The van der Waals surface area contributed by atoms with E-state index in [1.807, 2.05) is 24.7 Å². The molecule has 0 amide bonds. The van der Waals surface area contributed by atoms with Crippen LogP contribution in [-0.4, -0.2) is 24.2 Å². The molecule has 1 heterocycles. The van der Waals surface area contributed by atoms with Crippen molar-refractivity contribution in [2.45, 2.75) is 43.5 Å². The van der Waals surface area contributed by atoms with Gasteiger partial charge in [0.05, 0.1) is 16.8 Å². The van der Waals surface area contributed by atoms with Crippen molar-refractivity contribution in [2.75, 3.05) is 6.26 Å². The van der Waals surface area contributed by atoms with Gasteiger partial charge in [0.25, 0.3) is 0 Å². The van der Waals surface area contributed by atoms with Gasteiger partial charge >= 0.3 is 0 Å². The largest absolute Gasteiger partial charge is 0.328 e. The summed E-state index contributed by atoms with van der Waals surface area (Å²) in [7, 11) is -3.15. The standard InChI is InChI=1S/C16H22N2O2S/c1-4-5-10-16(2,18-12-11-17-13-18)14-6-8-15(9-7-14)21(3,19)20/h6-9,11-13H,4-5,10H2,1-3H3. The zero-order chi connectivity index (χ0) is 15.5. The molecule has 0 aliphatic heterocycles. The first-order valence-electron chi connectivity index (χ1n) is 7.17. The van der Waals surface area contributed by atoms with Crippen LogP contribution < -0.4 is 0 Å². The highest BCUT2D eigenvalue weighted by molar-refractivity contribution is 7.90. The second-order valence-electron chi connectivity index (χ2n) is 5.64. The van der Waals surface area contributed by atoms with E-state index in [2.05, 4.69) is 23.4 Å². The Hall–Kier alpha value is -1.62. The number of unbranched alkanes of at least 4 members (excludes halogenated alkanes) is 1. The Bertz CT molecular complexity index is 676. The van der Waals surface area contributed by atoms with Crippen molar-refractivity contribution >= 4 is 9.84 Å². The molecule has 2 rings (SSSR count). The average Bonchev–Trinajstić information content (AvgIpc) is 2.99. The molecule has 114 valence electrons. The molecule has 0 saturated heterocycles. The third-order valence-electron chi connectivity index (χ3n) is 4.00. The molecule has 0 radical (unpaired) electrons. The van der Waals surface area contributed by atoms with Gasteiger partial charge in [-0.2, -0.15) is 0 Å². The summed E-state index contributed by atoms with van der Waals surface area (Å²) in [5, 5.41) is 0. The van der Waals surface area contributed by atoms with E-state index in [1.165, 1.54) is 6.26 Å². The van der Waals surface area contributed by atoms with Crippen molar-refractivity contribution in [1.29, 1.82) is 0 Å². The van der Waals surface area contributed by atoms with Gasteiger partial charge in [0.2, 0.25) is 0 Å². The fraction of sp³-hybridized carbons (Fsp3) is 0.438. The van der Waals surface area contributed by atoms with E-state index in [4.69, 9.17) is 0 Å². The van der Waals surface area contributed by atoms with E-state index < -0.39 is 9.84 Å². The summed E-state index contributed by atoms with van der Waals surface area (Å²) >= 11 is 0. The Kier molecular flexibility index (Phi) is 4.52. The van der Waals surface area contributed by atoms with Gasteiger partial charge in [0, 0.05) is 18.6 Å². The predicted octanol–water partition coefficient (Wildman–Crippen LogP) is 3.24. The summed E-state index contributed by atoms with van der Waals surface area (Å²) in [5.74, 6) is 0. The molecule has 1 aromatic heterocycles. The lowest BCUT2D eigenvalue weighted by molar-refractivity contribution is 0.350. The summed E-state index contributed by atoms with van der Waals surface area (Å²) in [6, 6.07) is 7.19. The van der Waals surface area contributed by atoms with Crippen LogP contribution in [0.4, 0.5) is 0 Å². The Labute approximate surface area is 126 Å². The van der Waals surface area contributed by atoms with E-state index in [0.717, 1.165) is 24.8 Å². The lowest BCUT2D eigenvalue weighted by atomic mass is 9.86. The van der Waals surface area contributed by atoms with E-state index in [0.29, 0.717) is 4.90 Å². The van der Waals surface area contributed by atoms with Crippen molar-refractivity contribution in [3.05, 3.63) is 48.5 Å². The number of hydrogen-bond donors (Lipinski definition) is 0. The Balaban J connectivity index is 2.42. The van der Waals surface area contributed by atoms with Crippen molar-refractivity contribution < 1.29 is 8.42 Å². The van der Waals surface area contributed by atoms with Crippen molar-refractivity contribution in [1.82, 2.24) is 9.55 Å². The molecule has 4 nitrogen and oxygen atoms in total. The molecule has 0 aliphatic carbocycles. The van der Waals surface area contributed by atoms with Crippen LogP contribution in [0.5, 0.6) is 0 Å². The summed E-state index contributed by atoms with van der Waals surface area (Å²) in [6.45, 7) is 4.33. The number of sulfone groups is 1. The van der Waals surface area contributed by atoms with Gasteiger partial charge in [-0.3, -0.25) is 0 Å². The highest BCUT2D eigenvalue weighted by Crippen LogP contribution is 2.32. The predicted molar refractivity (Wildman–Crippen MR) is 84.1 cm³/mol. The van der Waals surface area contributed by atoms with Gasteiger partial charge in [-0.05, 0) is 31.0 Å². The van der Waals surface area contributed by atoms with Gasteiger partial charge in [-0.1, -0.05) is 31.9 Å². The lowest BCUT2D eigenvalue weighted by Gasteiger charge is -2.32. The quantitative estimate of drug-likeness (QED) is 0.823. The minimum absolute atomic E-state index is 0.206. The number of benzene rings is 1. The molecule has 5 heteroatoms. The van der Waals surface area contributed by atoms with E-state index in [9.17, 15) is 8.42 Å². The van der Waals surface area contributed by atoms with Crippen LogP contribution in [0.2, 0.25) is 0 Å². The highest BCUT2D eigenvalue weighted by atomic mass is 32.2. The molecule has 0 aliphatic rings. The molecule has 0 saturated carbocycles. The molecular weight excluding hydrogens is 284 g/mol. The minimum atomic E-state index is -3.15. The van der Waals surface area contributed by atoms with E-state index in [1.54, 1.807) is 18.3 Å². The normalized spacial score (nSPS) is 14.8. The second kappa shape index (κ2) is 6.02. The van der Waals surface area contributed by atoms with Crippen LogP contribution in [0.1, 0.15) is 38.7 Å². The van der Waals surface area contributed by atoms with Gasteiger partial charge in [-0.15, -0.1) is 0 Å². The lowest BCUT2D eigenvalue weighted by Crippen LogP contribution is -2.30. The average molecular weight is 306 g/mol. The second-order valence-corrected chi connectivity index (χ2v) is 7.66. The maximum atomic E-state index is 11.6. The van der Waals surface area contributed by atoms with Crippen LogP contribution in [0.3, 0.4) is 0 Å². The smallest absolute Gasteiger partial charge is 0.175 e. The molecule has 1 atom stereocenters. The molecule has 1 aromatic carbocycles. The van der Waals surface area contributed by atoms with E-state index >= 15 is 0 Å². The Morgan fingerprint density at radius 3 is 2.38 bits per heavy atom. The Morgan fingerprint density at radius 1 is 1.24 bits per heavy atom. The summed E-state index contributed by atoms with van der Waals surface area (Å²) in [4.78, 5) is 4.50. The van der Waals surface area contributed by atoms with Gasteiger partial charge in [0.1, 0.15) is 0 Å². The molecule has 0 spiro atoms.